The number of hydrogen-bond acceptors (Lipinski definition) is 1. The van der Waals surface area contributed by atoms with E-state index in [1.807, 2.05) is 0 Å². The van der Waals surface area contributed by atoms with Crippen molar-refractivity contribution in [3.05, 3.63) is 0 Å². The van der Waals surface area contributed by atoms with Gasteiger partial charge in [0.25, 0.3) is 0 Å². The molecule has 57 valence electrons. The summed E-state index contributed by atoms with van der Waals surface area (Å²) >= 11 is 0. The first-order valence-corrected chi connectivity index (χ1v) is 2.08. The minimum Gasteiger partial charge on any atom is -1.00 e. The van der Waals surface area contributed by atoms with Crippen LogP contribution >= 0.6 is 0 Å². The number of ether oxygens (including phenoxy) is 1. The fourth-order valence-corrected chi connectivity index (χ4v) is 0.510. The molecule has 0 bridgehead atoms. The van der Waals surface area contributed by atoms with E-state index >= 15 is 0 Å². The summed E-state index contributed by atoms with van der Waals surface area (Å²) in [4.78, 5) is 0. The van der Waals surface area contributed by atoms with E-state index in [2.05, 4.69) is 0 Å². The van der Waals surface area contributed by atoms with Crippen molar-refractivity contribution in [1.29, 1.82) is 0 Å². The molecule has 9 heavy (non-hydrogen) atoms. The summed E-state index contributed by atoms with van der Waals surface area (Å²) in [5, 5.41) is 0. The van der Waals surface area contributed by atoms with Crippen LogP contribution in [-0.2, 0) is 4.74 Å². The topological polar surface area (TPSA) is 9.23 Å². The minimum atomic E-state index is 0. The van der Waals surface area contributed by atoms with Crippen molar-refractivity contribution in [2.75, 3.05) is 13.2 Å². The Morgan fingerprint density at radius 2 is 1.11 bits per heavy atom. The molecular weight excluding hydrogens is 321 g/mol. The van der Waals surface area contributed by atoms with Gasteiger partial charge < -0.3 is 42.0 Å². The van der Waals surface area contributed by atoms with Gasteiger partial charge in [0, 0.05) is 13.2 Å². The van der Waals surface area contributed by atoms with E-state index in [9.17, 15) is 0 Å². The second-order valence-corrected chi connectivity index (χ2v) is 1.32. The van der Waals surface area contributed by atoms with Gasteiger partial charge in [-0.15, -0.1) is 0 Å². The monoisotopic (exact) mass is 329 g/mol. The SMILES string of the molecule is C1CCOC1.[Cl-].[Cl-].[Cl-].[Sm+3]. The van der Waals surface area contributed by atoms with Crippen LogP contribution in [0.1, 0.15) is 12.8 Å². The first kappa shape index (κ1) is 22.5. The van der Waals surface area contributed by atoms with E-state index in [0.29, 0.717) is 0 Å². The smallest absolute Gasteiger partial charge is 1.00 e. The van der Waals surface area contributed by atoms with Gasteiger partial charge in [0.05, 0.1) is 0 Å². The quantitative estimate of drug-likeness (QED) is 0.429. The fourth-order valence-electron chi connectivity index (χ4n) is 0.510. The van der Waals surface area contributed by atoms with E-state index in [1.54, 1.807) is 0 Å². The standard InChI is InChI=1S/C4H8O.3ClH.Sm/c1-2-4-5-3-1;;;;/h1-4H2;3*1H;/q;;;;+3/p-3. The van der Waals surface area contributed by atoms with Crippen LogP contribution in [0.25, 0.3) is 0 Å². The van der Waals surface area contributed by atoms with Crippen LogP contribution in [0.2, 0.25) is 0 Å². The maximum atomic E-state index is 4.94. The molecule has 0 aromatic heterocycles. The predicted molar refractivity (Wildman–Crippen MR) is 20.1 cm³/mol. The summed E-state index contributed by atoms with van der Waals surface area (Å²) in [5.74, 6) is 0. The van der Waals surface area contributed by atoms with Gasteiger partial charge in [-0.1, -0.05) is 0 Å². The van der Waals surface area contributed by atoms with Gasteiger partial charge in [-0.05, 0) is 12.8 Å². The second-order valence-electron chi connectivity index (χ2n) is 1.32. The summed E-state index contributed by atoms with van der Waals surface area (Å²) in [7, 11) is 0. The van der Waals surface area contributed by atoms with E-state index < -0.39 is 0 Å². The Morgan fingerprint density at radius 1 is 0.778 bits per heavy atom. The van der Waals surface area contributed by atoms with Crippen molar-refractivity contribution >= 4 is 0 Å². The Balaban J connectivity index is -0.0000000312. The molecule has 0 spiro atoms. The Kier molecular flexibility index (Phi) is 41.5. The molecule has 0 saturated carbocycles. The zero-order valence-electron chi connectivity index (χ0n) is 4.78. The van der Waals surface area contributed by atoms with Gasteiger partial charge in [0.15, 0.2) is 0 Å². The van der Waals surface area contributed by atoms with E-state index in [0.717, 1.165) is 13.2 Å². The predicted octanol–water partition coefficient (Wildman–Crippen LogP) is -8.19. The molecular formula is C4H8Cl3OSm. The third-order valence-electron chi connectivity index (χ3n) is 0.827. The normalized spacial score (nSPS) is 13.3. The Hall–Kier alpha value is 2.17. The molecule has 0 atom stereocenters. The van der Waals surface area contributed by atoms with Crippen LogP contribution in [0.4, 0.5) is 0 Å². The maximum Gasteiger partial charge on any atom is 3.00 e. The summed E-state index contributed by atoms with van der Waals surface area (Å²) in [6.07, 6.45) is 2.56. The zero-order chi connectivity index (χ0) is 3.54. The molecule has 1 nitrogen and oxygen atoms in total. The van der Waals surface area contributed by atoms with Gasteiger partial charge in [0.1, 0.15) is 0 Å². The third-order valence-corrected chi connectivity index (χ3v) is 0.827. The van der Waals surface area contributed by atoms with Crippen molar-refractivity contribution < 1.29 is 82.3 Å². The molecule has 0 aromatic rings. The molecule has 1 rings (SSSR count). The molecule has 1 aliphatic rings. The molecule has 1 fully saturated rings. The van der Waals surface area contributed by atoms with Crippen LogP contribution in [0.3, 0.4) is 0 Å². The number of hydrogen-bond donors (Lipinski definition) is 0. The second kappa shape index (κ2) is 16.6. The van der Waals surface area contributed by atoms with Crippen molar-refractivity contribution in [3.63, 3.8) is 0 Å². The number of halogens is 3. The summed E-state index contributed by atoms with van der Waals surface area (Å²) < 4.78 is 4.94. The van der Waals surface area contributed by atoms with Crippen molar-refractivity contribution in [3.8, 4) is 0 Å². The Morgan fingerprint density at radius 3 is 1.22 bits per heavy atom. The van der Waals surface area contributed by atoms with Crippen molar-refractivity contribution in [2.45, 2.75) is 12.8 Å². The fraction of sp³-hybridized carbons (Fsp3) is 1.00. The summed E-state index contributed by atoms with van der Waals surface area (Å²) in [5.41, 5.74) is 0. The molecule has 1 radical (unpaired) electrons. The molecule has 0 aliphatic carbocycles. The molecule has 1 aliphatic heterocycles. The average molecular weight is 329 g/mol. The van der Waals surface area contributed by atoms with Gasteiger partial charge in [-0.2, -0.15) is 0 Å². The van der Waals surface area contributed by atoms with Gasteiger partial charge in [-0.25, -0.2) is 0 Å². The molecule has 0 N–H and O–H groups in total. The van der Waals surface area contributed by atoms with E-state index in [1.165, 1.54) is 12.8 Å². The first-order chi connectivity index (χ1) is 2.50. The van der Waals surface area contributed by atoms with Crippen LogP contribution < -0.4 is 37.2 Å². The minimum absolute atomic E-state index is 0. The molecule has 0 amide bonds. The zero-order valence-corrected chi connectivity index (χ0v) is 9.67. The van der Waals surface area contributed by atoms with Crippen molar-refractivity contribution in [2.24, 2.45) is 0 Å². The van der Waals surface area contributed by atoms with Gasteiger partial charge >= 0.3 is 40.4 Å². The van der Waals surface area contributed by atoms with Crippen LogP contribution in [0.5, 0.6) is 0 Å². The summed E-state index contributed by atoms with van der Waals surface area (Å²) in [6, 6.07) is 0. The Bertz CT molecular complexity index is 27.4. The third kappa shape index (κ3) is 13.2. The molecule has 0 unspecified atom stereocenters. The van der Waals surface area contributed by atoms with Crippen molar-refractivity contribution in [1.82, 2.24) is 0 Å². The maximum absolute atomic E-state index is 4.94. The van der Waals surface area contributed by atoms with Gasteiger partial charge in [-0.3, -0.25) is 0 Å². The summed E-state index contributed by atoms with van der Waals surface area (Å²) in [6.45, 7) is 2.00. The van der Waals surface area contributed by atoms with Crippen LogP contribution in [0, 0.1) is 40.4 Å². The van der Waals surface area contributed by atoms with Gasteiger partial charge in [0.2, 0.25) is 0 Å². The average Bonchev–Trinajstić information content (AvgIpc) is 1.76. The number of rotatable bonds is 0. The largest absolute Gasteiger partial charge is 3.00 e. The van der Waals surface area contributed by atoms with E-state index in [-0.39, 0.29) is 77.6 Å². The Labute approximate surface area is 107 Å². The molecule has 5 heteroatoms. The molecule has 1 saturated heterocycles. The van der Waals surface area contributed by atoms with E-state index in [4.69, 9.17) is 4.74 Å². The van der Waals surface area contributed by atoms with Crippen LogP contribution in [-0.4, -0.2) is 13.2 Å². The first-order valence-electron chi connectivity index (χ1n) is 2.08. The van der Waals surface area contributed by atoms with Crippen LogP contribution in [0.15, 0.2) is 0 Å². The molecule has 0 aromatic carbocycles. The molecule has 1 heterocycles.